The minimum Gasteiger partial charge on any atom is -0.356 e. The van der Waals surface area contributed by atoms with Crippen LogP contribution < -0.4 is 10.6 Å². The standard InChI is InChI=1S/C15H17ClFN3S/c1-18-15(19-7-6-12-3-2-8-21-12)20-10-11-4-5-14(17)13(16)9-11/h2-5,8-9H,6-7,10H2,1H3,(H2,18,19,20). The maximum absolute atomic E-state index is 13.1. The third kappa shape index (κ3) is 5.02. The molecule has 1 heterocycles. The van der Waals surface area contributed by atoms with Crippen molar-refractivity contribution < 1.29 is 4.39 Å². The van der Waals surface area contributed by atoms with Crippen LogP contribution in [0.4, 0.5) is 4.39 Å². The predicted octanol–water partition coefficient (Wildman–Crippen LogP) is 3.45. The molecule has 1 aromatic carbocycles. The summed E-state index contributed by atoms with van der Waals surface area (Å²) in [5.41, 5.74) is 0.905. The summed E-state index contributed by atoms with van der Waals surface area (Å²) in [4.78, 5) is 5.49. The molecule has 0 aliphatic carbocycles. The minimum atomic E-state index is -0.404. The number of benzene rings is 1. The average molecular weight is 326 g/mol. The molecule has 0 aliphatic heterocycles. The Bertz CT molecular complexity index is 599. The van der Waals surface area contributed by atoms with Gasteiger partial charge in [-0.3, -0.25) is 4.99 Å². The number of hydrogen-bond donors (Lipinski definition) is 2. The van der Waals surface area contributed by atoms with E-state index < -0.39 is 5.82 Å². The zero-order valence-electron chi connectivity index (χ0n) is 11.7. The summed E-state index contributed by atoms with van der Waals surface area (Å²) >= 11 is 7.50. The van der Waals surface area contributed by atoms with Crippen molar-refractivity contribution in [2.45, 2.75) is 13.0 Å². The first-order chi connectivity index (χ1) is 10.2. The normalized spacial score (nSPS) is 11.5. The van der Waals surface area contributed by atoms with Crippen molar-refractivity contribution in [2.24, 2.45) is 4.99 Å². The zero-order valence-corrected chi connectivity index (χ0v) is 13.3. The van der Waals surface area contributed by atoms with Crippen LogP contribution in [0.3, 0.4) is 0 Å². The fourth-order valence-corrected chi connectivity index (χ4v) is 2.73. The third-order valence-corrected chi connectivity index (χ3v) is 4.14. The fraction of sp³-hybridized carbons (Fsp3) is 0.267. The summed E-state index contributed by atoms with van der Waals surface area (Å²) in [6.07, 6.45) is 0.959. The van der Waals surface area contributed by atoms with Gasteiger partial charge in [-0.15, -0.1) is 11.3 Å². The Hall–Kier alpha value is -1.59. The minimum absolute atomic E-state index is 0.134. The quantitative estimate of drug-likeness (QED) is 0.652. The van der Waals surface area contributed by atoms with Crippen LogP contribution in [0, 0.1) is 5.82 Å². The highest BCUT2D eigenvalue weighted by Crippen LogP contribution is 2.15. The van der Waals surface area contributed by atoms with Crippen LogP contribution in [0.1, 0.15) is 10.4 Å². The molecular weight excluding hydrogens is 309 g/mol. The number of nitrogens with zero attached hydrogens (tertiary/aromatic N) is 1. The number of halogens is 2. The van der Waals surface area contributed by atoms with Gasteiger partial charge < -0.3 is 10.6 Å². The van der Waals surface area contributed by atoms with Crippen LogP contribution in [0.25, 0.3) is 0 Å². The SMILES string of the molecule is CN=C(NCCc1cccs1)NCc1ccc(F)c(Cl)c1. The molecule has 0 spiro atoms. The van der Waals surface area contributed by atoms with E-state index in [0.717, 1.165) is 18.5 Å². The van der Waals surface area contributed by atoms with Crippen molar-refractivity contribution >= 4 is 28.9 Å². The van der Waals surface area contributed by atoms with Crippen molar-refractivity contribution in [1.82, 2.24) is 10.6 Å². The molecule has 0 fully saturated rings. The monoisotopic (exact) mass is 325 g/mol. The highest BCUT2D eigenvalue weighted by Gasteiger charge is 2.02. The Labute approximate surface area is 132 Å². The van der Waals surface area contributed by atoms with Crippen LogP contribution in [-0.4, -0.2) is 19.6 Å². The highest BCUT2D eigenvalue weighted by molar-refractivity contribution is 7.09. The molecule has 6 heteroatoms. The van der Waals surface area contributed by atoms with E-state index in [0.29, 0.717) is 12.5 Å². The molecule has 0 saturated heterocycles. The summed E-state index contributed by atoms with van der Waals surface area (Å²) in [5.74, 6) is 0.311. The Balaban J connectivity index is 1.78. The van der Waals surface area contributed by atoms with Crippen LogP contribution >= 0.6 is 22.9 Å². The second-order valence-electron chi connectivity index (χ2n) is 4.43. The molecule has 1 aromatic heterocycles. The van der Waals surface area contributed by atoms with Gasteiger partial charge >= 0.3 is 0 Å². The molecule has 0 amide bonds. The molecule has 2 rings (SSSR count). The Morgan fingerprint density at radius 1 is 1.33 bits per heavy atom. The first-order valence-corrected chi connectivity index (χ1v) is 7.85. The summed E-state index contributed by atoms with van der Waals surface area (Å²) < 4.78 is 13.1. The molecular formula is C15H17ClFN3S. The third-order valence-electron chi connectivity index (χ3n) is 2.91. The number of rotatable bonds is 5. The van der Waals surface area contributed by atoms with Crippen molar-refractivity contribution in [3.8, 4) is 0 Å². The van der Waals surface area contributed by atoms with Gasteiger partial charge in [-0.1, -0.05) is 23.7 Å². The molecule has 0 radical (unpaired) electrons. The zero-order chi connectivity index (χ0) is 15.1. The average Bonchev–Trinajstić information content (AvgIpc) is 2.99. The Kier molecular flexibility index (Phi) is 6.02. The van der Waals surface area contributed by atoms with Crippen molar-refractivity contribution in [2.75, 3.05) is 13.6 Å². The smallest absolute Gasteiger partial charge is 0.191 e. The molecule has 0 saturated carbocycles. The van der Waals surface area contributed by atoms with Crippen molar-refractivity contribution in [1.29, 1.82) is 0 Å². The summed E-state index contributed by atoms with van der Waals surface area (Å²) in [5, 5.41) is 8.62. The van der Waals surface area contributed by atoms with E-state index in [1.165, 1.54) is 10.9 Å². The number of guanidine groups is 1. The van der Waals surface area contributed by atoms with E-state index in [1.54, 1.807) is 30.5 Å². The van der Waals surface area contributed by atoms with Crippen molar-refractivity contribution in [3.05, 3.63) is 57.0 Å². The Morgan fingerprint density at radius 2 is 2.19 bits per heavy atom. The second kappa shape index (κ2) is 8.00. The molecule has 2 N–H and O–H groups in total. The lowest BCUT2D eigenvalue weighted by atomic mass is 10.2. The lowest BCUT2D eigenvalue weighted by Crippen LogP contribution is -2.37. The molecule has 21 heavy (non-hydrogen) atoms. The molecule has 112 valence electrons. The molecule has 3 nitrogen and oxygen atoms in total. The van der Waals surface area contributed by atoms with E-state index >= 15 is 0 Å². The number of thiophene rings is 1. The maximum atomic E-state index is 13.1. The topological polar surface area (TPSA) is 36.4 Å². The van der Waals surface area contributed by atoms with Gasteiger partial charge in [0.1, 0.15) is 5.82 Å². The number of aliphatic imine (C=N–C) groups is 1. The van der Waals surface area contributed by atoms with E-state index in [1.807, 2.05) is 6.07 Å². The first kappa shape index (κ1) is 15.8. The van der Waals surface area contributed by atoms with Gasteiger partial charge in [-0.05, 0) is 35.6 Å². The van der Waals surface area contributed by atoms with Gasteiger partial charge in [0.05, 0.1) is 5.02 Å². The largest absolute Gasteiger partial charge is 0.356 e. The van der Waals surface area contributed by atoms with Crippen molar-refractivity contribution in [3.63, 3.8) is 0 Å². The molecule has 0 atom stereocenters. The van der Waals surface area contributed by atoms with E-state index in [-0.39, 0.29) is 5.02 Å². The van der Waals surface area contributed by atoms with E-state index in [4.69, 9.17) is 11.6 Å². The lowest BCUT2D eigenvalue weighted by Gasteiger charge is -2.11. The van der Waals surface area contributed by atoms with Crippen LogP contribution in [0.5, 0.6) is 0 Å². The van der Waals surface area contributed by atoms with Gasteiger partial charge in [0.2, 0.25) is 0 Å². The molecule has 0 aliphatic rings. The van der Waals surface area contributed by atoms with Crippen LogP contribution in [-0.2, 0) is 13.0 Å². The van der Waals surface area contributed by atoms with Gasteiger partial charge in [0.15, 0.2) is 5.96 Å². The number of nitrogens with one attached hydrogen (secondary N) is 2. The first-order valence-electron chi connectivity index (χ1n) is 6.60. The predicted molar refractivity (Wildman–Crippen MR) is 87.6 cm³/mol. The molecule has 0 bridgehead atoms. The van der Waals surface area contributed by atoms with Gasteiger partial charge in [-0.25, -0.2) is 4.39 Å². The highest BCUT2D eigenvalue weighted by atomic mass is 35.5. The summed E-state index contributed by atoms with van der Waals surface area (Å²) in [6, 6.07) is 8.84. The number of hydrogen-bond acceptors (Lipinski definition) is 2. The van der Waals surface area contributed by atoms with E-state index in [9.17, 15) is 4.39 Å². The maximum Gasteiger partial charge on any atom is 0.191 e. The molecule has 0 unspecified atom stereocenters. The van der Waals surface area contributed by atoms with Crippen LogP contribution in [0.2, 0.25) is 5.02 Å². The molecule has 2 aromatic rings. The summed E-state index contributed by atoms with van der Waals surface area (Å²) in [7, 11) is 1.72. The van der Waals surface area contributed by atoms with Crippen LogP contribution in [0.15, 0.2) is 40.7 Å². The van der Waals surface area contributed by atoms with E-state index in [2.05, 4.69) is 27.1 Å². The van der Waals surface area contributed by atoms with Gasteiger partial charge in [-0.2, -0.15) is 0 Å². The lowest BCUT2D eigenvalue weighted by molar-refractivity contribution is 0.627. The fourth-order valence-electron chi connectivity index (χ4n) is 1.81. The Morgan fingerprint density at radius 3 is 2.86 bits per heavy atom. The second-order valence-corrected chi connectivity index (χ2v) is 5.87. The van der Waals surface area contributed by atoms with Gasteiger partial charge in [0, 0.05) is 25.0 Å². The summed E-state index contributed by atoms with van der Waals surface area (Å²) in [6.45, 7) is 1.35. The van der Waals surface area contributed by atoms with Gasteiger partial charge in [0.25, 0.3) is 0 Å².